The van der Waals surface area contributed by atoms with E-state index < -0.39 is 11.9 Å². The molecule has 1 aliphatic rings. The number of benzene rings is 2. The Balaban J connectivity index is 1.49. The molecule has 128 valence electrons. The van der Waals surface area contributed by atoms with Crippen molar-refractivity contribution in [3.8, 4) is 11.5 Å². The summed E-state index contributed by atoms with van der Waals surface area (Å²) in [7, 11) is 0. The normalized spacial score (nSPS) is 12.2. The van der Waals surface area contributed by atoms with Gasteiger partial charge in [-0.2, -0.15) is 0 Å². The second-order valence-electron chi connectivity index (χ2n) is 5.08. The molecular weight excluding hydrogens is 390 g/mol. The van der Waals surface area contributed by atoms with Crippen LogP contribution in [0.25, 0.3) is 6.08 Å². The van der Waals surface area contributed by atoms with Gasteiger partial charge < -0.3 is 19.5 Å². The number of halogens is 1. The maximum atomic E-state index is 11.9. The van der Waals surface area contributed by atoms with Gasteiger partial charge in [-0.3, -0.25) is 4.79 Å². The number of carbonyl (C=O) groups excluding carboxylic acids is 2. The monoisotopic (exact) mass is 403 g/mol. The van der Waals surface area contributed by atoms with Gasteiger partial charge in [0, 0.05) is 22.3 Å². The van der Waals surface area contributed by atoms with Gasteiger partial charge in [0.15, 0.2) is 18.1 Å². The lowest BCUT2D eigenvalue weighted by molar-refractivity contribution is -0.142. The van der Waals surface area contributed by atoms with Crippen molar-refractivity contribution in [2.45, 2.75) is 0 Å². The van der Waals surface area contributed by atoms with Crippen LogP contribution in [0.1, 0.15) is 5.56 Å². The number of ether oxygens (including phenoxy) is 3. The average molecular weight is 404 g/mol. The zero-order chi connectivity index (χ0) is 17.6. The summed E-state index contributed by atoms with van der Waals surface area (Å²) in [4.78, 5) is 23.6. The molecule has 2 aromatic rings. The molecule has 7 heteroatoms. The Labute approximate surface area is 152 Å². The molecule has 1 heterocycles. The van der Waals surface area contributed by atoms with Gasteiger partial charge in [-0.1, -0.05) is 34.1 Å². The number of hydrogen-bond donors (Lipinski definition) is 1. The van der Waals surface area contributed by atoms with Gasteiger partial charge >= 0.3 is 5.97 Å². The van der Waals surface area contributed by atoms with E-state index in [2.05, 4.69) is 21.2 Å². The molecule has 1 amide bonds. The van der Waals surface area contributed by atoms with E-state index in [1.54, 1.807) is 24.3 Å². The first-order valence-corrected chi connectivity index (χ1v) is 8.20. The number of fused-ring (bicyclic) bond motifs is 1. The Hall–Kier alpha value is -2.80. The van der Waals surface area contributed by atoms with Crippen molar-refractivity contribution < 1.29 is 23.8 Å². The van der Waals surface area contributed by atoms with Crippen LogP contribution in [0, 0.1) is 0 Å². The lowest BCUT2D eigenvalue weighted by atomic mass is 10.2. The van der Waals surface area contributed by atoms with E-state index in [-0.39, 0.29) is 13.4 Å². The summed E-state index contributed by atoms with van der Waals surface area (Å²) in [5, 5.41) is 2.63. The summed E-state index contributed by atoms with van der Waals surface area (Å²) < 4.78 is 16.2. The average Bonchev–Trinajstić information content (AvgIpc) is 3.07. The van der Waals surface area contributed by atoms with E-state index in [4.69, 9.17) is 14.2 Å². The van der Waals surface area contributed by atoms with E-state index in [0.29, 0.717) is 17.2 Å². The van der Waals surface area contributed by atoms with Gasteiger partial charge in [-0.15, -0.1) is 0 Å². The van der Waals surface area contributed by atoms with E-state index in [1.165, 1.54) is 6.08 Å². The minimum absolute atomic E-state index is 0.161. The van der Waals surface area contributed by atoms with Crippen LogP contribution < -0.4 is 14.8 Å². The molecule has 0 fully saturated rings. The van der Waals surface area contributed by atoms with E-state index in [9.17, 15) is 9.59 Å². The summed E-state index contributed by atoms with van der Waals surface area (Å²) in [6, 6.07) is 12.5. The topological polar surface area (TPSA) is 73.9 Å². The third-order valence-corrected chi connectivity index (χ3v) is 4.03. The fraction of sp³-hybridized carbons (Fsp3) is 0.111. The summed E-state index contributed by atoms with van der Waals surface area (Å²) >= 11 is 3.38. The first kappa shape index (κ1) is 17.0. The lowest BCUT2D eigenvalue weighted by Gasteiger charge is -2.06. The smallest absolute Gasteiger partial charge is 0.331 e. The summed E-state index contributed by atoms with van der Waals surface area (Å²) in [6.45, 7) is -0.220. The molecular formula is C18H14BrNO5. The largest absolute Gasteiger partial charge is 0.454 e. The molecule has 25 heavy (non-hydrogen) atoms. The summed E-state index contributed by atoms with van der Waals surface area (Å²) in [5.41, 5.74) is 1.37. The van der Waals surface area contributed by atoms with Crippen molar-refractivity contribution in [1.29, 1.82) is 0 Å². The van der Waals surface area contributed by atoms with Gasteiger partial charge in [0.25, 0.3) is 5.91 Å². The predicted octanol–water partition coefficient (Wildman–Crippen LogP) is 3.37. The maximum absolute atomic E-state index is 11.9. The quantitative estimate of drug-likeness (QED) is 0.611. The number of hydrogen-bond acceptors (Lipinski definition) is 5. The van der Waals surface area contributed by atoms with Crippen molar-refractivity contribution in [2.75, 3.05) is 18.7 Å². The Kier molecular flexibility index (Phi) is 5.35. The Morgan fingerprint density at radius 3 is 2.80 bits per heavy atom. The number of carbonyl (C=O) groups is 2. The molecule has 0 spiro atoms. The highest BCUT2D eigenvalue weighted by Gasteiger charge is 2.14. The van der Waals surface area contributed by atoms with Crippen LogP contribution in [-0.2, 0) is 14.3 Å². The fourth-order valence-electron chi connectivity index (χ4n) is 2.12. The zero-order valence-corrected chi connectivity index (χ0v) is 14.6. The van der Waals surface area contributed by atoms with Crippen molar-refractivity contribution in [1.82, 2.24) is 0 Å². The van der Waals surface area contributed by atoms with Crippen molar-refractivity contribution in [3.63, 3.8) is 0 Å². The number of amides is 1. The minimum atomic E-state index is -0.600. The molecule has 0 aromatic heterocycles. The van der Waals surface area contributed by atoms with Gasteiger partial charge in [0.1, 0.15) is 0 Å². The molecule has 0 saturated carbocycles. The molecule has 0 saturated heterocycles. The SMILES string of the molecule is O=C(COC(=O)/C=C/c1ccccc1Br)Nc1ccc2c(c1)OCO2. The molecule has 0 aliphatic carbocycles. The van der Waals surface area contributed by atoms with Gasteiger partial charge in [0.05, 0.1) is 0 Å². The molecule has 1 aliphatic heterocycles. The molecule has 6 nitrogen and oxygen atoms in total. The molecule has 0 radical (unpaired) electrons. The van der Waals surface area contributed by atoms with Gasteiger partial charge in [-0.05, 0) is 29.8 Å². The number of esters is 1. The molecule has 0 atom stereocenters. The van der Waals surface area contributed by atoms with Crippen molar-refractivity contribution >= 4 is 39.6 Å². The fourth-order valence-corrected chi connectivity index (χ4v) is 2.54. The lowest BCUT2D eigenvalue weighted by Crippen LogP contribution is -2.20. The highest BCUT2D eigenvalue weighted by atomic mass is 79.9. The van der Waals surface area contributed by atoms with E-state index >= 15 is 0 Å². The van der Waals surface area contributed by atoms with Crippen molar-refractivity contribution in [3.05, 3.63) is 58.6 Å². The van der Waals surface area contributed by atoms with Gasteiger partial charge in [0.2, 0.25) is 6.79 Å². The third kappa shape index (κ3) is 4.60. The summed E-state index contributed by atoms with van der Waals surface area (Å²) in [6.07, 6.45) is 2.89. The third-order valence-electron chi connectivity index (χ3n) is 3.31. The van der Waals surface area contributed by atoms with Crippen LogP contribution in [0.2, 0.25) is 0 Å². The molecule has 2 aromatic carbocycles. The number of nitrogens with one attached hydrogen (secondary N) is 1. The molecule has 3 rings (SSSR count). The molecule has 0 bridgehead atoms. The van der Waals surface area contributed by atoms with Crippen LogP contribution in [0.3, 0.4) is 0 Å². The highest BCUT2D eigenvalue weighted by molar-refractivity contribution is 9.10. The number of anilines is 1. The second-order valence-corrected chi connectivity index (χ2v) is 5.93. The Morgan fingerprint density at radius 2 is 1.96 bits per heavy atom. The molecule has 1 N–H and O–H groups in total. The minimum Gasteiger partial charge on any atom is -0.454 e. The van der Waals surface area contributed by atoms with Crippen molar-refractivity contribution in [2.24, 2.45) is 0 Å². The Bertz CT molecular complexity index is 834. The first-order valence-electron chi connectivity index (χ1n) is 7.41. The van der Waals surface area contributed by atoms with Crippen LogP contribution in [0.5, 0.6) is 11.5 Å². The van der Waals surface area contributed by atoms with E-state index in [1.807, 2.05) is 24.3 Å². The zero-order valence-electron chi connectivity index (χ0n) is 13.0. The van der Waals surface area contributed by atoms with E-state index in [0.717, 1.165) is 10.0 Å². The standard InChI is InChI=1S/C18H14BrNO5/c19-14-4-2-1-3-12(14)5-8-18(22)23-10-17(21)20-13-6-7-15-16(9-13)25-11-24-15/h1-9H,10-11H2,(H,20,21)/b8-5+. The predicted molar refractivity (Wildman–Crippen MR) is 95.3 cm³/mol. The molecule has 0 unspecified atom stereocenters. The summed E-state index contributed by atoms with van der Waals surface area (Å²) in [5.74, 6) is 0.144. The second kappa shape index (κ2) is 7.85. The van der Waals surface area contributed by atoms with Crippen LogP contribution >= 0.6 is 15.9 Å². The highest BCUT2D eigenvalue weighted by Crippen LogP contribution is 2.34. The first-order chi connectivity index (χ1) is 12.1. The Morgan fingerprint density at radius 1 is 1.16 bits per heavy atom. The van der Waals surface area contributed by atoms with Crippen LogP contribution in [-0.4, -0.2) is 25.3 Å². The van der Waals surface area contributed by atoms with Crippen LogP contribution in [0.4, 0.5) is 5.69 Å². The number of rotatable bonds is 5. The van der Waals surface area contributed by atoms with Crippen LogP contribution in [0.15, 0.2) is 53.0 Å². The maximum Gasteiger partial charge on any atom is 0.331 e. The van der Waals surface area contributed by atoms with Gasteiger partial charge in [-0.25, -0.2) is 4.79 Å².